The van der Waals surface area contributed by atoms with Crippen LogP contribution in [0, 0.1) is 5.92 Å². The number of carboxylic acids is 1. The number of benzene rings is 2. The van der Waals surface area contributed by atoms with Crippen molar-refractivity contribution in [1.29, 1.82) is 0 Å². The van der Waals surface area contributed by atoms with Gasteiger partial charge in [0.1, 0.15) is 30.2 Å². The van der Waals surface area contributed by atoms with Crippen molar-refractivity contribution < 1.29 is 44.1 Å². The van der Waals surface area contributed by atoms with Crippen LogP contribution in [-0.4, -0.2) is 82.0 Å². The topological polar surface area (TPSA) is 237 Å². The van der Waals surface area contributed by atoms with Crippen molar-refractivity contribution in [3.8, 4) is 5.75 Å². The maximum absolute atomic E-state index is 13.4. The summed E-state index contributed by atoms with van der Waals surface area (Å²) in [4.78, 5) is 75.1. The summed E-state index contributed by atoms with van der Waals surface area (Å²) in [6.07, 6.45) is -0.0704. The van der Waals surface area contributed by atoms with Crippen LogP contribution in [0.4, 0.5) is 5.69 Å². The molecule has 0 bridgehead atoms. The molecule has 4 amide bonds. The van der Waals surface area contributed by atoms with Gasteiger partial charge < -0.3 is 47.1 Å². The van der Waals surface area contributed by atoms with E-state index in [9.17, 15) is 44.1 Å². The third kappa shape index (κ3) is 11.4. The Morgan fingerprint density at radius 1 is 0.841 bits per heavy atom. The van der Waals surface area contributed by atoms with Gasteiger partial charge in [-0.25, -0.2) is 0 Å². The fourth-order valence-corrected chi connectivity index (χ4v) is 4.23. The molecule has 0 unspecified atom stereocenters. The number of aliphatic hydroxyl groups excluding tert-OH is 1. The molecule has 0 aromatic heterocycles. The standard InChI is InChI=1S/C30H39N5O9/c1-17(2)13-19(15-36)32-30(44)25(16-37)35-29(43)24(14-18-7-9-20(38)10-8-18)34-28(42)23(11-12-26(39)40)33-27(41)21-5-3-4-6-22(21)31/h3-10,15,17,19,23-25,37-38H,11-14,16,31H2,1-2H3,(H,32,44)(H,33,41)(H,34,42)(H,35,43)(H,39,40)/t19-,23-,24-,25-/m0/s1. The number of carbonyl (C=O) groups excluding carboxylic acids is 5. The Balaban J connectivity index is 2.30. The first-order chi connectivity index (χ1) is 20.8. The van der Waals surface area contributed by atoms with Crippen molar-refractivity contribution in [3.63, 3.8) is 0 Å². The number of aromatic hydroxyl groups is 1. The zero-order chi connectivity index (χ0) is 32.8. The zero-order valence-electron chi connectivity index (χ0n) is 24.5. The summed E-state index contributed by atoms with van der Waals surface area (Å²) in [6.45, 7) is 2.89. The van der Waals surface area contributed by atoms with Crippen molar-refractivity contribution >= 4 is 41.6 Å². The summed E-state index contributed by atoms with van der Waals surface area (Å²) in [5.74, 6) is -4.53. The first kappa shape index (κ1) is 35.2. The fraction of sp³-hybridized carbons (Fsp3) is 0.400. The summed E-state index contributed by atoms with van der Waals surface area (Å²) in [5.41, 5.74) is 6.54. The van der Waals surface area contributed by atoms with Gasteiger partial charge in [0.05, 0.1) is 18.2 Å². The van der Waals surface area contributed by atoms with Crippen LogP contribution in [0.15, 0.2) is 48.5 Å². The number of carbonyl (C=O) groups is 6. The van der Waals surface area contributed by atoms with Gasteiger partial charge in [-0.1, -0.05) is 38.1 Å². The third-order valence-electron chi connectivity index (χ3n) is 6.52. The van der Waals surface area contributed by atoms with Gasteiger partial charge in [0.25, 0.3) is 5.91 Å². The number of para-hydroxylation sites is 1. The van der Waals surface area contributed by atoms with Crippen molar-refractivity contribution in [1.82, 2.24) is 21.3 Å². The van der Waals surface area contributed by atoms with E-state index in [1.54, 1.807) is 12.1 Å². The first-order valence-electron chi connectivity index (χ1n) is 14.0. The lowest BCUT2D eigenvalue weighted by molar-refractivity contribution is -0.137. The van der Waals surface area contributed by atoms with Gasteiger partial charge >= 0.3 is 5.97 Å². The van der Waals surface area contributed by atoms with Crippen molar-refractivity contribution in [2.75, 3.05) is 12.3 Å². The summed E-state index contributed by atoms with van der Waals surface area (Å²) in [6, 6.07) is 6.71. The van der Waals surface area contributed by atoms with Crippen molar-refractivity contribution in [2.45, 2.75) is 63.7 Å². The Morgan fingerprint density at radius 2 is 1.43 bits per heavy atom. The number of aliphatic carboxylic acids is 1. The highest BCUT2D eigenvalue weighted by atomic mass is 16.4. The highest BCUT2D eigenvalue weighted by Crippen LogP contribution is 2.14. The molecule has 0 aliphatic carbocycles. The Hall–Kier alpha value is -4.98. The second-order valence-corrected chi connectivity index (χ2v) is 10.6. The maximum atomic E-state index is 13.4. The van der Waals surface area contributed by atoms with Crippen LogP contribution in [-0.2, 0) is 30.4 Å². The number of hydrogen-bond acceptors (Lipinski definition) is 9. The lowest BCUT2D eigenvalue weighted by Gasteiger charge is -2.25. The Bertz CT molecular complexity index is 1320. The van der Waals surface area contributed by atoms with Gasteiger partial charge in [-0.15, -0.1) is 0 Å². The molecule has 0 heterocycles. The van der Waals surface area contributed by atoms with E-state index in [0.717, 1.165) is 0 Å². The summed E-state index contributed by atoms with van der Waals surface area (Å²) < 4.78 is 0. The number of amides is 4. The van der Waals surface area contributed by atoms with E-state index in [-0.39, 0.29) is 35.8 Å². The molecule has 2 aromatic rings. The number of anilines is 1. The smallest absolute Gasteiger partial charge is 0.303 e. The molecule has 0 aliphatic rings. The number of aliphatic hydroxyl groups is 1. The average Bonchev–Trinajstić information content (AvgIpc) is 2.97. The number of nitrogen functional groups attached to an aromatic ring is 1. The lowest BCUT2D eigenvalue weighted by atomic mass is 10.0. The SMILES string of the molecule is CC(C)C[C@@H](C=O)NC(=O)[C@H](CO)NC(=O)[C@H](Cc1ccc(O)cc1)NC(=O)[C@H](CCC(=O)O)NC(=O)c1ccccc1N. The minimum atomic E-state index is -1.47. The predicted molar refractivity (Wildman–Crippen MR) is 159 cm³/mol. The van der Waals surface area contributed by atoms with Gasteiger partial charge in [-0.05, 0) is 48.6 Å². The van der Waals surface area contributed by atoms with E-state index >= 15 is 0 Å². The molecule has 4 atom stereocenters. The van der Waals surface area contributed by atoms with E-state index in [4.69, 9.17) is 5.73 Å². The monoisotopic (exact) mass is 613 g/mol. The molecule has 0 saturated heterocycles. The lowest BCUT2D eigenvalue weighted by Crippen LogP contribution is -2.58. The Morgan fingerprint density at radius 3 is 2.00 bits per heavy atom. The number of phenols is 1. The normalized spacial score (nSPS) is 13.5. The summed E-state index contributed by atoms with van der Waals surface area (Å²) >= 11 is 0. The minimum absolute atomic E-state index is 0.0430. The van der Waals surface area contributed by atoms with Crippen LogP contribution in [0.5, 0.6) is 5.75 Å². The molecule has 2 aromatic carbocycles. The number of aldehydes is 1. The molecule has 2 rings (SSSR count). The highest BCUT2D eigenvalue weighted by molar-refractivity contribution is 6.02. The quantitative estimate of drug-likeness (QED) is 0.0869. The molecular formula is C30H39N5O9. The molecule has 14 heteroatoms. The van der Waals surface area contributed by atoms with Crippen LogP contribution in [0.2, 0.25) is 0 Å². The number of phenolic OH excluding ortho intramolecular Hbond substituents is 1. The number of nitrogens with two attached hydrogens (primary N) is 1. The molecule has 0 radical (unpaired) electrons. The Kier molecular flexibility index (Phi) is 13.8. The van der Waals surface area contributed by atoms with Crippen molar-refractivity contribution in [2.24, 2.45) is 5.92 Å². The molecular weight excluding hydrogens is 574 g/mol. The molecule has 0 saturated carbocycles. The first-order valence-corrected chi connectivity index (χ1v) is 14.0. The molecule has 0 fully saturated rings. The Labute approximate surface area is 254 Å². The number of rotatable bonds is 17. The predicted octanol–water partition coefficient (Wildman–Crippen LogP) is -0.128. The highest BCUT2D eigenvalue weighted by Gasteiger charge is 2.31. The summed E-state index contributed by atoms with van der Waals surface area (Å²) in [5, 5.41) is 38.5. The third-order valence-corrected chi connectivity index (χ3v) is 6.52. The summed E-state index contributed by atoms with van der Waals surface area (Å²) in [7, 11) is 0. The second kappa shape index (κ2) is 17.2. The van der Waals surface area contributed by atoms with Crippen LogP contribution < -0.4 is 27.0 Å². The molecule has 44 heavy (non-hydrogen) atoms. The van der Waals surface area contributed by atoms with Crippen molar-refractivity contribution in [3.05, 3.63) is 59.7 Å². The van der Waals surface area contributed by atoms with E-state index in [1.807, 2.05) is 13.8 Å². The van der Waals surface area contributed by atoms with Crippen LogP contribution in [0.1, 0.15) is 49.0 Å². The molecule has 9 N–H and O–H groups in total. The van der Waals surface area contributed by atoms with Crippen LogP contribution in [0.3, 0.4) is 0 Å². The molecule has 0 aliphatic heterocycles. The van der Waals surface area contributed by atoms with Crippen LogP contribution >= 0.6 is 0 Å². The minimum Gasteiger partial charge on any atom is -0.508 e. The van der Waals surface area contributed by atoms with E-state index in [0.29, 0.717) is 18.3 Å². The number of carboxylic acid groups (broad SMARTS) is 1. The zero-order valence-corrected chi connectivity index (χ0v) is 24.5. The second-order valence-electron chi connectivity index (χ2n) is 10.6. The van der Waals surface area contributed by atoms with Crippen LogP contribution in [0.25, 0.3) is 0 Å². The molecule has 0 spiro atoms. The van der Waals surface area contributed by atoms with Gasteiger partial charge in [0.2, 0.25) is 17.7 Å². The molecule has 238 valence electrons. The van der Waals surface area contributed by atoms with E-state index in [2.05, 4.69) is 21.3 Å². The van der Waals surface area contributed by atoms with E-state index < -0.39 is 66.8 Å². The van der Waals surface area contributed by atoms with Gasteiger partial charge in [0.15, 0.2) is 0 Å². The fourth-order valence-electron chi connectivity index (χ4n) is 4.23. The maximum Gasteiger partial charge on any atom is 0.303 e. The van der Waals surface area contributed by atoms with Gasteiger partial charge in [-0.3, -0.25) is 24.0 Å². The van der Waals surface area contributed by atoms with E-state index in [1.165, 1.54) is 36.4 Å². The largest absolute Gasteiger partial charge is 0.508 e. The number of hydrogen-bond donors (Lipinski definition) is 8. The van der Waals surface area contributed by atoms with Gasteiger partial charge in [-0.2, -0.15) is 0 Å². The van der Waals surface area contributed by atoms with Gasteiger partial charge in [0, 0.05) is 18.5 Å². The average molecular weight is 614 g/mol. The molecule has 14 nitrogen and oxygen atoms in total. The number of nitrogens with one attached hydrogen (secondary N) is 4.